The summed E-state index contributed by atoms with van der Waals surface area (Å²) >= 11 is 5.93. The molecule has 0 fully saturated rings. The summed E-state index contributed by atoms with van der Waals surface area (Å²) in [7, 11) is 0. The average Bonchev–Trinajstić information content (AvgIpc) is 2.43. The van der Waals surface area contributed by atoms with Gasteiger partial charge in [0.2, 0.25) is 0 Å². The van der Waals surface area contributed by atoms with Crippen molar-refractivity contribution in [1.29, 1.82) is 0 Å². The zero-order chi connectivity index (χ0) is 15.2. The Morgan fingerprint density at radius 3 is 2.70 bits per heavy atom. The Bertz CT molecular complexity index is 361. The molecule has 20 heavy (non-hydrogen) atoms. The van der Waals surface area contributed by atoms with E-state index < -0.39 is 0 Å². The molecule has 1 atom stereocenters. The second-order valence-electron chi connectivity index (χ2n) is 4.29. The highest BCUT2D eigenvalue weighted by Gasteiger charge is 1.95. The van der Waals surface area contributed by atoms with Gasteiger partial charge in [-0.3, -0.25) is 4.99 Å². The van der Waals surface area contributed by atoms with Gasteiger partial charge in [0.25, 0.3) is 0 Å². The minimum Gasteiger partial charge on any atom is -0.387 e. The quantitative estimate of drug-likeness (QED) is 0.326. The van der Waals surface area contributed by atoms with Crippen molar-refractivity contribution in [2.24, 2.45) is 21.5 Å². The van der Waals surface area contributed by atoms with Crippen LogP contribution in [0.4, 0.5) is 0 Å². The first-order valence-electron chi connectivity index (χ1n) is 6.84. The first-order valence-corrected chi connectivity index (χ1v) is 7.21. The maximum atomic E-state index is 5.93. The number of hydrogen-bond donors (Lipinski definition) is 3. The summed E-state index contributed by atoms with van der Waals surface area (Å²) < 4.78 is 0. The van der Waals surface area contributed by atoms with E-state index in [4.69, 9.17) is 23.1 Å². The molecule has 0 aliphatic rings. The molecule has 0 saturated heterocycles. The predicted molar refractivity (Wildman–Crippen MR) is 89.5 cm³/mol. The van der Waals surface area contributed by atoms with E-state index >= 15 is 0 Å². The fourth-order valence-corrected chi connectivity index (χ4v) is 1.45. The monoisotopic (exact) mass is 299 g/mol. The third-order valence-corrected chi connectivity index (χ3v) is 2.71. The van der Waals surface area contributed by atoms with Gasteiger partial charge in [0.1, 0.15) is 5.16 Å². The second kappa shape index (κ2) is 12.8. The summed E-state index contributed by atoms with van der Waals surface area (Å²) in [5.74, 6) is 0. The summed E-state index contributed by atoms with van der Waals surface area (Å²) in [6.45, 7) is 5.90. The van der Waals surface area contributed by atoms with Crippen molar-refractivity contribution >= 4 is 24.0 Å². The lowest BCUT2D eigenvalue weighted by molar-refractivity contribution is 0.680. The van der Waals surface area contributed by atoms with Crippen molar-refractivity contribution in [3.63, 3.8) is 0 Å². The van der Waals surface area contributed by atoms with Crippen LogP contribution in [0.1, 0.15) is 26.7 Å². The molecule has 5 N–H and O–H groups in total. The summed E-state index contributed by atoms with van der Waals surface area (Å²) in [6.07, 6.45) is 8.89. The number of aliphatic imine (C=N–C) groups is 2. The number of nitrogens with two attached hydrogens (primary N) is 2. The van der Waals surface area contributed by atoms with E-state index in [0.717, 1.165) is 18.4 Å². The lowest BCUT2D eigenvalue weighted by Gasteiger charge is -2.02. The van der Waals surface area contributed by atoms with E-state index in [1.165, 1.54) is 0 Å². The Hall–Kier alpha value is -1.17. The van der Waals surface area contributed by atoms with Gasteiger partial charge in [-0.15, -0.1) is 0 Å². The molecule has 0 aliphatic carbocycles. The second-order valence-corrected chi connectivity index (χ2v) is 4.68. The van der Waals surface area contributed by atoms with E-state index in [2.05, 4.69) is 22.2 Å². The van der Waals surface area contributed by atoms with Gasteiger partial charge < -0.3 is 16.8 Å². The predicted octanol–water partition coefficient (Wildman–Crippen LogP) is 1.79. The highest BCUT2D eigenvalue weighted by atomic mass is 35.5. The molecule has 0 aliphatic heterocycles. The van der Waals surface area contributed by atoms with E-state index in [-0.39, 0.29) is 6.04 Å². The van der Waals surface area contributed by atoms with Gasteiger partial charge in [-0.25, -0.2) is 4.99 Å². The molecule has 0 bridgehead atoms. The number of allylic oxidation sites excluding steroid dienone is 2. The average molecular weight is 300 g/mol. The SMILES string of the molecule is C\C=C(/C=N\C(Cl)=C/NCCN)CC=NC(C)CCN. The Morgan fingerprint density at radius 2 is 2.10 bits per heavy atom. The van der Waals surface area contributed by atoms with Crippen LogP contribution >= 0.6 is 11.6 Å². The smallest absolute Gasteiger partial charge is 0.144 e. The molecule has 0 saturated carbocycles. The molecule has 0 spiro atoms. The molecule has 114 valence electrons. The summed E-state index contributed by atoms with van der Waals surface area (Å²) in [4.78, 5) is 8.56. The van der Waals surface area contributed by atoms with E-state index in [9.17, 15) is 0 Å². The van der Waals surface area contributed by atoms with Crippen LogP contribution in [0.15, 0.2) is 33.0 Å². The molecule has 0 radical (unpaired) electrons. The molecule has 0 aromatic carbocycles. The lowest BCUT2D eigenvalue weighted by Crippen LogP contribution is -2.17. The molecule has 0 aromatic heterocycles. The number of hydrogen-bond acceptors (Lipinski definition) is 5. The minimum atomic E-state index is 0.263. The van der Waals surface area contributed by atoms with E-state index in [1.54, 1.807) is 12.4 Å². The highest BCUT2D eigenvalue weighted by Crippen LogP contribution is 2.04. The maximum absolute atomic E-state index is 5.93. The van der Waals surface area contributed by atoms with Crippen LogP contribution < -0.4 is 16.8 Å². The number of rotatable bonds is 10. The topological polar surface area (TPSA) is 88.8 Å². The first kappa shape index (κ1) is 18.8. The molecule has 6 heteroatoms. The van der Waals surface area contributed by atoms with E-state index in [0.29, 0.717) is 24.8 Å². The molecular weight excluding hydrogens is 274 g/mol. The van der Waals surface area contributed by atoms with Gasteiger partial charge in [0.05, 0.1) is 0 Å². The Labute approximate surface area is 126 Å². The van der Waals surface area contributed by atoms with Crippen LogP contribution in [-0.4, -0.2) is 38.1 Å². The number of halogens is 1. The van der Waals surface area contributed by atoms with Crippen LogP contribution in [0.5, 0.6) is 0 Å². The third-order valence-electron chi connectivity index (χ3n) is 2.51. The van der Waals surface area contributed by atoms with Crippen LogP contribution in [0.2, 0.25) is 0 Å². The van der Waals surface area contributed by atoms with Crippen LogP contribution in [0.25, 0.3) is 0 Å². The zero-order valence-electron chi connectivity index (χ0n) is 12.3. The summed E-state index contributed by atoms with van der Waals surface area (Å²) in [5.41, 5.74) is 11.9. The van der Waals surface area contributed by atoms with Crippen LogP contribution in [0.3, 0.4) is 0 Å². The molecule has 5 nitrogen and oxygen atoms in total. The molecule has 0 heterocycles. The van der Waals surface area contributed by atoms with Gasteiger partial charge in [-0.1, -0.05) is 17.7 Å². The van der Waals surface area contributed by atoms with Crippen LogP contribution in [-0.2, 0) is 0 Å². The zero-order valence-corrected chi connectivity index (χ0v) is 13.1. The molecule has 1 unspecified atom stereocenters. The largest absolute Gasteiger partial charge is 0.387 e. The van der Waals surface area contributed by atoms with Gasteiger partial charge in [0, 0.05) is 44.2 Å². The summed E-state index contributed by atoms with van der Waals surface area (Å²) in [6, 6.07) is 0.263. The third kappa shape index (κ3) is 10.7. The van der Waals surface area contributed by atoms with Crippen molar-refractivity contribution in [3.05, 3.63) is 23.0 Å². The van der Waals surface area contributed by atoms with E-state index in [1.807, 2.05) is 19.2 Å². The lowest BCUT2D eigenvalue weighted by atomic mass is 10.2. The van der Waals surface area contributed by atoms with Crippen molar-refractivity contribution in [2.75, 3.05) is 19.6 Å². The maximum Gasteiger partial charge on any atom is 0.144 e. The normalized spacial score (nSPS) is 15.2. The molecule has 0 rings (SSSR count). The van der Waals surface area contributed by atoms with Gasteiger partial charge in [-0.05, 0) is 32.4 Å². The van der Waals surface area contributed by atoms with Gasteiger partial charge >= 0.3 is 0 Å². The number of nitrogens with zero attached hydrogens (tertiary/aromatic N) is 2. The van der Waals surface area contributed by atoms with Crippen molar-refractivity contribution in [2.45, 2.75) is 32.7 Å². The number of nitrogens with one attached hydrogen (secondary N) is 1. The Balaban J connectivity index is 4.25. The Morgan fingerprint density at radius 1 is 1.35 bits per heavy atom. The first-order chi connectivity index (χ1) is 9.63. The fourth-order valence-electron chi connectivity index (χ4n) is 1.32. The van der Waals surface area contributed by atoms with Crippen molar-refractivity contribution in [3.8, 4) is 0 Å². The van der Waals surface area contributed by atoms with Crippen molar-refractivity contribution < 1.29 is 0 Å². The summed E-state index contributed by atoms with van der Waals surface area (Å²) in [5, 5.41) is 3.35. The highest BCUT2D eigenvalue weighted by molar-refractivity contribution is 6.29. The van der Waals surface area contributed by atoms with Crippen molar-refractivity contribution in [1.82, 2.24) is 5.32 Å². The standard InChI is InChI=1S/C14H26ClN5/c1-3-13(5-8-19-12(2)4-6-16)10-20-14(15)11-18-9-7-17/h3,8,10-12,18H,4-7,9,16-17H2,1-2H3/b13-3-,14-11-,19-8?,20-10-. The van der Waals surface area contributed by atoms with Crippen LogP contribution in [0, 0.1) is 0 Å². The minimum absolute atomic E-state index is 0.263. The molecule has 0 aromatic rings. The van der Waals surface area contributed by atoms with Gasteiger partial charge in [-0.2, -0.15) is 0 Å². The Kier molecular flexibility index (Phi) is 12.1. The van der Waals surface area contributed by atoms with Gasteiger partial charge in [0.15, 0.2) is 0 Å². The molecule has 0 amide bonds. The molecular formula is C14H26ClN5. The fraction of sp³-hybridized carbons (Fsp3) is 0.571.